The maximum Gasteiger partial charge on any atom is 0.118 e. The van der Waals surface area contributed by atoms with Crippen molar-refractivity contribution in [1.82, 2.24) is 9.88 Å². The molecule has 0 N–H and O–H groups in total. The molecule has 2 saturated heterocycles. The number of nitrogens with zero attached hydrogens (tertiary/aromatic N) is 2. The molecule has 0 unspecified atom stereocenters. The van der Waals surface area contributed by atoms with E-state index in [0.29, 0.717) is 25.4 Å². The lowest BCUT2D eigenvalue weighted by Crippen LogP contribution is -2.43. The first-order valence-electron chi connectivity index (χ1n) is 9.20. The molecule has 4 heterocycles. The van der Waals surface area contributed by atoms with Crippen molar-refractivity contribution in [3.63, 3.8) is 0 Å². The highest BCUT2D eigenvalue weighted by Gasteiger charge is 2.39. The summed E-state index contributed by atoms with van der Waals surface area (Å²) in [4.78, 5) is 6.79. The average molecular weight is 342 g/mol. The van der Waals surface area contributed by atoms with Crippen molar-refractivity contribution in [2.75, 3.05) is 13.2 Å². The molecule has 2 aromatic rings. The number of ether oxygens (including phenoxy) is 2. The summed E-state index contributed by atoms with van der Waals surface area (Å²) in [5, 5.41) is 0. The van der Waals surface area contributed by atoms with E-state index >= 15 is 0 Å². The van der Waals surface area contributed by atoms with Gasteiger partial charge >= 0.3 is 0 Å². The Hall–Kier alpha value is -1.69. The zero-order valence-corrected chi connectivity index (χ0v) is 14.8. The van der Waals surface area contributed by atoms with Crippen LogP contribution in [0.3, 0.4) is 0 Å². The molecule has 2 aliphatic heterocycles. The molecule has 5 heteroatoms. The Kier molecular flexibility index (Phi) is 5.15. The van der Waals surface area contributed by atoms with Gasteiger partial charge in [0.25, 0.3) is 0 Å². The second-order valence-electron chi connectivity index (χ2n) is 7.05. The number of aryl methyl sites for hydroxylation is 1. The molecule has 4 rings (SSSR count). The molecule has 3 atom stereocenters. The molecule has 2 aliphatic rings. The largest absolute Gasteiger partial charge is 0.465 e. The number of likely N-dealkylation sites (tertiary alicyclic amines) is 1. The van der Waals surface area contributed by atoms with Gasteiger partial charge in [-0.2, -0.15) is 0 Å². The highest BCUT2D eigenvalue weighted by molar-refractivity contribution is 5.07. The number of rotatable bonds is 6. The standard InChI is InChI=1S/C20H26N2O3/c1-15-5-6-17(24-15)12-22-11-9-20-19(22)8-7-18(25-20)14-23-13-16-4-2-3-10-21-16/h2-6,10,18-20H,7-9,11-14H2,1H3/t18-,19-,20-/m0/s1. The molecule has 0 spiro atoms. The second kappa shape index (κ2) is 7.68. The van der Waals surface area contributed by atoms with E-state index in [4.69, 9.17) is 13.9 Å². The lowest BCUT2D eigenvalue weighted by Gasteiger charge is -2.35. The third-order valence-corrected chi connectivity index (χ3v) is 5.19. The van der Waals surface area contributed by atoms with Gasteiger partial charge in [0.15, 0.2) is 0 Å². The summed E-state index contributed by atoms with van der Waals surface area (Å²) in [7, 11) is 0. The number of hydrogen-bond donors (Lipinski definition) is 0. The van der Waals surface area contributed by atoms with Gasteiger partial charge in [-0.25, -0.2) is 0 Å². The minimum absolute atomic E-state index is 0.204. The van der Waals surface area contributed by atoms with E-state index in [1.807, 2.05) is 31.2 Å². The number of fused-ring (bicyclic) bond motifs is 1. The highest BCUT2D eigenvalue weighted by Crippen LogP contribution is 2.32. The van der Waals surface area contributed by atoms with Gasteiger partial charge in [-0.3, -0.25) is 9.88 Å². The molecule has 2 fully saturated rings. The number of hydrogen-bond acceptors (Lipinski definition) is 5. The monoisotopic (exact) mass is 342 g/mol. The number of furan rings is 1. The summed E-state index contributed by atoms with van der Waals surface area (Å²) in [6.45, 7) is 5.17. The minimum Gasteiger partial charge on any atom is -0.465 e. The van der Waals surface area contributed by atoms with Gasteiger partial charge in [0.1, 0.15) is 11.5 Å². The van der Waals surface area contributed by atoms with E-state index in [-0.39, 0.29) is 6.10 Å². The van der Waals surface area contributed by atoms with Gasteiger partial charge in [-0.1, -0.05) is 6.07 Å². The smallest absolute Gasteiger partial charge is 0.118 e. The van der Waals surface area contributed by atoms with Crippen LogP contribution >= 0.6 is 0 Å². The Labute approximate surface area is 148 Å². The zero-order chi connectivity index (χ0) is 17.1. The lowest BCUT2D eigenvalue weighted by molar-refractivity contribution is -0.103. The van der Waals surface area contributed by atoms with Crippen LogP contribution in [0.1, 0.15) is 36.5 Å². The van der Waals surface area contributed by atoms with Gasteiger partial charge in [0, 0.05) is 18.8 Å². The first-order valence-corrected chi connectivity index (χ1v) is 9.20. The van der Waals surface area contributed by atoms with E-state index in [1.54, 1.807) is 6.20 Å². The van der Waals surface area contributed by atoms with Crippen molar-refractivity contribution in [3.05, 3.63) is 53.7 Å². The number of pyridine rings is 1. The average Bonchev–Trinajstić information content (AvgIpc) is 3.22. The third kappa shape index (κ3) is 4.11. The second-order valence-corrected chi connectivity index (χ2v) is 7.05. The van der Waals surface area contributed by atoms with Crippen molar-refractivity contribution in [2.24, 2.45) is 0 Å². The Balaban J connectivity index is 1.24. The van der Waals surface area contributed by atoms with Crippen LogP contribution in [0.25, 0.3) is 0 Å². The molecule has 0 aromatic carbocycles. The fourth-order valence-electron chi connectivity index (χ4n) is 3.95. The van der Waals surface area contributed by atoms with Crippen LogP contribution < -0.4 is 0 Å². The van der Waals surface area contributed by atoms with Crippen LogP contribution in [0.5, 0.6) is 0 Å². The molecule has 134 valence electrons. The van der Waals surface area contributed by atoms with Crippen LogP contribution in [-0.4, -0.2) is 41.3 Å². The fraction of sp³-hybridized carbons (Fsp3) is 0.550. The van der Waals surface area contributed by atoms with Gasteiger partial charge in [0.2, 0.25) is 0 Å². The summed E-state index contributed by atoms with van der Waals surface area (Å²) in [5.74, 6) is 2.04. The predicted molar refractivity (Wildman–Crippen MR) is 94.0 cm³/mol. The maximum absolute atomic E-state index is 6.30. The first-order chi connectivity index (χ1) is 12.3. The molecule has 2 aromatic heterocycles. The van der Waals surface area contributed by atoms with Crippen molar-refractivity contribution in [3.8, 4) is 0 Å². The number of aromatic nitrogens is 1. The Morgan fingerprint density at radius 3 is 2.96 bits per heavy atom. The van der Waals surface area contributed by atoms with E-state index in [2.05, 4.69) is 16.0 Å². The van der Waals surface area contributed by atoms with Crippen molar-refractivity contribution in [2.45, 2.75) is 57.6 Å². The van der Waals surface area contributed by atoms with Crippen LogP contribution in [-0.2, 0) is 22.6 Å². The molecular weight excluding hydrogens is 316 g/mol. The van der Waals surface area contributed by atoms with Gasteiger partial charge in [0.05, 0.1) is 37.7 Å². The van der Waals surface area contributed by atoms with Crippen molar-refractivity contribution in [1.29, 1.82) is 0 Å². The Bertz CT molecular complexity index is 673. The summed E-state index contributed by atoms with van der Waals surface area (Å²) in [6, 6.07) is 10.5. The molecule has 0 radical (unpaired) electrons. The summed E-state index contributed by atoms with van der Waals surface area (Å²) >= 11 is 0. The summed E-state index contributed by atoms with van der Waals surface area (Å²) < 4.78 is 17.9. The topological polar surface area (TPSA) is 47.7 Å². The Morgan fingerprint density at radius 2 is 2.16 bits per heavy atom. The quantitative estimate of drug-likeness (QED) is 0.806. The van der Waals surface area contributed by atoms with Crippen molar-refractivity contribution >= 4 is 0 Å². The summed E-state index contributed by atoms with van der Waals surface area (Å²) in [6.07, 6.45) is 5.65. The van der Waals surface area contributed by atoms with E-state index in [0.717, 1.165) is 43.1 Å². The molecule has 0 aliphatic carbocycles. The first kappa shape index (κ1) is 16.8. The summed E-state index contributed by atoms with van der Waals surface area (Å²) in [5.41, 5.74) is 0.969. The fourth-order valence-corrected chi connectivity index (χ4v) is 3.95. The van der Waals surface area contributed by atoms with Crippen LogP contribution in [0.2, 0.25) is 0 Å². The SMILES string of the molecule is Cc1ccc(CN2CC[C@@H]3O[C@H](COCc4ccccn4)CC[C@@H]32)o1. The zero-order valence-electron chi connectivity index (χ0n) is 14.8. The van der Waals surface area contributed by atoms with E-state index in [1.165, 1.54) is 6.42 Å². The van der Waals surface area contributed by atoms with Crippen LogP contribution in [0, 0.1) is 6.92 Å². The maximum atomic E-state index is 6.30. The van der Waals surface area contributed by atoms with Gasteiger partial charge < -0.3 is 13.9 Å². The van der Waals surface area contributed by atoms with E-state index < -0.39 is 0 Å². The minimum atomic E-state index is 0.204. The Morgan fingerprint density at radius 1 is 1.20 bits per heavy atom. The molecule has 0 amide bonds. The van der Waals surface area contributed by atoms with Crippen LogP contribution in [0.4, 0.5) is 0 Å². The molecule has 0 bridgehead atoms. The molecular formula is C20H26N2O3. The van der Waals surface area contributed by atoms with Crippen LogP contribution in [0.15, 0.2) is 40.9 Å². The predicted octanol–water partition coefficient (Wildman–Crippen LogP) is 3.32. The normalized spacial score (nSPS) is 26.7. The van der Waals surface area contributed by atoms with E-state index in [9.17, 15) is 0 Å². The van der Waals surface area contributed by atoms with Gasteiger partial charge in [-0.15, -0.1) is 0 Å². The van der Waals surface area contributed by atoms with Gasteiger partial charge in [-0.05, 0) is 50.5 Å². The van der Waals surface area contributed by atoms with Crippen molar-refractivity contribution < 1.29 is 13.9 Å². The lowest BCUT2D eigenvalue weighted by atomic mass is 9.99. The molecule has 0 saturated carbocycles. The highest BCUT2D eigenvalue weighted by atomic mass is 16.5. The third-order valence-electron chi connectivity index (χ3n) is 5.19. The molecule has 5 nitrogen and oxygen atoms in total. The molecule has 25 heavy (non-hydrogen) atoms.